The molecule has 0 atom stereocenters. The Balaban J connectivity index is 4.27. The van der Waals surface area contributed by atoms with Gasteiger partial charge in [0.1, 0.15) is 13.2 Å². The molecule has 0 rings (SSSR count). The smallest absolute Gasteiger partial charge is 0.394 e. The number of carbonyl (C=O) groups excluding carboxylic acids is 1. The zero-order valence-corrected chi connectivity index (χ0v) is 7.53. The minimum Gasteiger partial charge on any atom is -0.394 e. The third kappa shape index (κ3) is 5.52. The summed E-state index contributed by atoms with van der Waals surface area (Å²) in [4.78, 5) is 18.9. The number of hydrogen-bond donors (Lipinski definition) is 2. The lowest BCUT2D eigenvalue weighted by molar-refractivity contribution is -0.359. The Labute approximate surface area is 82.7 Å². The monoisotopic (exact) mass is 233 g/mol. The molecule has 0 aliphatic rings. The fraction of sp³-hybridized carbons (Fsp3) is 0.833. The van der Waals surface area contributed by atoms with Crippen molar-refractivity contribution in [1.29, 1.82) is 0 Å². The molecule has 0 saturated carbocycles. The number of amides is 1. The van der Waals surface area contributed by atoms with Crippen LogP contribution >= 0.6 is 0 Å². The molecule has 2 N–H and O–H groups in total. The van der Waals surface area contributed by atoms with Crippen molar-refractivity contribution in [2.24, 2.45) is 0 Å². The van der Waals surface area contributed by atoms with Crippen molar-refractivity contribution < 1.29 is 37.9 Å². The average Bonchev–Trinajstić information content (AvgIpc) is 2.16. The van der Waals surface area contributed by atoms with E-state index in [-0.39, 0.29) is 0 Å². The molecule has 0 bridgehead atoms. The maximum Gasteiger partial charge on any atom is 0.476 e. The van der Waals surface area contributed by atoms with Gasteiger partial charge in [-0.15, -0.1) is 0 Å². The van der Waals surface area contributed by atoms with E-state index in [9.17, 15) is 18.0 Å². The van der Waals surface area contributed by atoms with Gasteiger partial charge in [-0.2, -0.15) is 13.2 Å². The Bertz CT molecular complexity index is 190. The standard InChI is InChI=1S/C6H10F3NO5/c7-6(8,9)5(13)10(14-3-1-11)15-4-2-12/h11-12H,1-4H2. The molecule has 0 heterocycles. The molecule has 0 radical (unpaired) electrons. The summed E-state index contributed by atoms with van der Waals surface area (Å²) in [7, 11) is 0. The number of aliphatic hydroxyl groups is 2. The van der Waals surface area contributed by atoms with Crippen molar-refractivity contribution >= 4 is 5.91 Å². The first-order chi connectivity index (χ1) is 6.93. The van der Waals surface area contributed by atoms with Gasteiger partial charge < -0.3 is 10.2 Å². The number of halogens is 3. The average molecular weight is 233 g/mol. The highest BCUT2D eigenvalue weighted by Gasteiger charge is 2.44. The summed E-state index contributed by atoms with van der Waals surface area (Å²) in [5.41, 5.74) is 0. The molecular formula is C6H10F3NO5. The van der Waals surface area contributed by atoms with Gasteiger partial charge in [0.2, 0.25) is 0 Å². The van der Waals surface area contributed by atoms with E-state index < -0.39 is 43.7 Å². The van der Waals surface area contributed by atoms with Gasteiger partial charge in [0.25, 0.3) is 0 Å². The summed E-state index contributed by atoms with van der Waals surface area (Å²) in [6.07, 6.45) is -5.15. The predicted octanol–water partition coefficient (Wildman–Crippen LogP) is -0.775. The van der Waals surface area contributed by atoms with Crippen molar-refractivity contribution in [2.45, 2.75) is 6.18 Å². The van der Waals surface area contributed by atoms with E-state index in [1.165, 1.54) is 0 Å². The van der Waals surface area contributed by atoms with Gasteiger partial charge in [-0.25, -0.2) is 9.68 Å². The second-order valence-corrected chi connectivity index (χ2v) is 2.17. The molecule has 9 heteroatoms. The van der Waals surface area contributed by atoms with Gasteiger partial charge in [0.05, 0.1) is 13.2 Å². The molecule has 0 aromatic rings. The molecule has 0 aromatic carbocycles. The van der Waals surface area contributed by atoms with Gasteiger partial charge in [0, 0.05) is 0 Å². The molecule has 0 aromatic heterocycles. The number of rotatable bonds is 6. The molecule has 0 saturated heterocycles. The molecule has 90 valence electrons. The van der Waals surface area contributed by atoms with Crippen LogP contribution in [0, 0.1) is 0 Å². The number of hydrogen-bond acceptors (Lipinski definition) is 5. The van der Waals surface area contributed by atoms with Crippen LogP contribution < -0.4 is 0 Å². The minimum absolute atomic E-state index is 0.410. The van der Waals surface area contributed by atoms with E-state index in [1.54, 1.807) is 0 Å². The van der Waals surface area contributed by atoms with Gasteiger partial charge in [-0.3, -0.25) is 4.79 Å². The largest absolute Gasteiger partial charge is 0.476 e. The topological polar surface area (TPSA) is 79.2 Å². The van der Waals surface area contributed by atoms with Crippen molar-refractivity contribution in [3.63, 3.8) is 0 Å². The molecule has 0 aliphatic heterocycles. The molecule has 0 spiro atoms. The molecule has 0 fully saturated rings. The fourth-order valence-corrected chi connectivity index (χ4v) is 0.506. The Morgan fingerprint density at radius 3 is 1.80 bits per heavy atom. The Morgan fingerprint density at radius 2 is 1.53 bits per heavy atom. The first-order valence-corrected chi connectivity index (χ1v) is 3.82. The first-order valence-electron chi connectivity index (χ1n) is 3.82. The van der Waals surface area contributed by atoms with Crippen LogP contribution in [0.4, 0.5) is 13.2 Å². The number of alkyl halides is 3. The Hall–Kier alpha value is -0.900. The number of nitrogens with zero attached hydrogens (tertiary/aromatic N) is 1. The van der Waals surface area contributed by atoms with E-state index in [1.807, 2.05) is 0 Å². The van der Waals surface area contributed by atoms with Crippen LogP contribution in [0.15, 0.2) is 0 Å². The predicted molar refractivity (Wildman–Crippen MR) is 39.0 cm³/mol. The summed E-state index contributed by atoms with van der Waals surface area (Å²) in [6.45, 7) is -2.23. The van der Waals surface area contributed by atoms with Crippen LogP contribution in [0.5, 0.6) is 0 Å². The van der Waals surface area contributed by atoms with Crippen LogP contribution in [0.3, 0.4) is 0 Å². The fourth-order valence-electron chi connectivity index (χ4n) is 0.506. The van der Waals surface area contributed by atoms with Crippen molar-refractivity contribution in [3.05, 3.63) is 0 Å². The minimum atomic E-state index is -5.15. The quantitative estimate of drug-likeness (QED) is 0.588. The van der Waals surface area contributed by atoms with Crippen molar-refractivity contribution in [3.8, 4) is 0 Å². The molecule has 15 heavy (non-hydrogen) atoms. The van der Waals surface area contributed by atoms with Crippen LogP contribution in [0.2, 0.25) is 0 Å². The van der Waals surface area contributed by atoms with E-state index in [4.69, 9.17) is 10.2 Å². The highest BCUT2D eigenvalue weighted by atomic mass is 19.4. The van der Waals surface area contributed by atoms with Gasteiger partial charge >= 0.3 is 12.1 Å². The summed E-state index contributed by atoms with van der Waals surface area (Å²) >= 11 is 0. The first kappa shape index (κ1) is 14.1. The second-order valence-electron chi connectivity index (χ2n) is 2.17. The highest BCUT2D eigenvalue weighted by molar-refractivity contribution is 5.79. The molecule has 6 nitrogen and oxygen atoms in total. The summed E-state index contributed by atoms with van der Waals surface area (Å²) in [5.74, 6) is -2.37. The zero-order valence-electron chi connectivity index (χ0n) is 7.53. The van der Waals surface area contributed by atoms with E-state index in [2.05, 4.69) is 9.68 Å². The molecule has 0 aliphatic carbocycles. The molecule has 1 amide bonds. The second kappa shape index (κ2) is 6.56. The van der Waals surface area contributed by atoms with E-state index in [0.29, 0.717) is 0 Å². The van der Waals surface area contributed by atoms with Gasteiger partial charge in [0.15, 0.2) is 0 Å². The lowest BCUT2D eigenvalue weighted by Crippen LogP contribution is -2.42. The number of aliphatic hydroxyl groups excluding tert-OH is 2. The summed E-state index contributed by atoms with van der Waals surface area (Å²) in [5, 5.41) is 16.1. The van der Waals surface area contributed by atoms with Gasteiger partial charge in [-0.1, -0.05) is 5.23 Å². The summed E-state index contributed by atoms with van der Waals surface area (Å²) in [6, 6.07) is 0. The zero-order chi connectivity index (χ0) is 11.9. The maximum absolute atomic E-state index is 11.9. The van der Waals surface area contributed by atoms with Crippen LogP contribution in [-0.2, 0) is 14.5 Å². The number of carbonyl (C=O) groups is 1. The van der Waals surface area contributed by atoms with Crippen molar-refractivity contribution in [1.82, 2.24) is 5.23 Å². The van der Waals surface area contributed by atoms with Crippen LogP contribution in [-0.4, -0.2) is 54.0 Å². The number of hydroxylamine groups is 2. The van der Waals surface area contributed by atoms with Crippen molar-refractivity contribution in [2.75, 3.05) is 26.4 Å². The third-order valence-corrected chi connectivity index (χ3v) is 1.01. The Morgan fingerprint density at radius 1 is 1.13 bits per heavy atom. The lowest BCUT2D eigenvalue weighted by atomic mass is 10.6. The maximum atomic E-state index is 11.9. The molecule has 0 unspecified atom stereocenters. The SMILES string of the molecule is O=C(N(OCCO)OCCO)C(F)(F)F. The highest BCUT2D eigenvalue weighted by Crippen LogP contribution is 2.18. The third-order valence-electron chi connectivity index (χ3n) is 1.01. The molecular weight excluding hydrogens is 223 g/mol. The van der Waals surface area contributed by atoms with E-state index >= 15 is 0 Å². The van der Waals surface area contributed by atoms with E-state index in [0.717, 1.165) is 0 Å². The lowest BCUT2D eigenvalue weighted by Gasteiger charge is -2.20. The van der Waals surface area contributed by atoms with Crippen LogP contribution in [0.25, 0.3) is 0 Å². The summed E-state index contributed by atoms with van der Waals surface area (Å²) < 4.78 is 35.6. The Kier molecular flexibility index (Phi) is 6.17. The van der Waals surface area contributed by atoms with Gasteiger partial charge in [-0.05, 0) is 0 Å². The van der Waals surface area contributed by atoms with Crippen LogP contribution in [0.1, 0.15) is 0 Å². The normalized spacial score (nSPS) is 11.5.